The van der Waals surface area contributed by atoms with Crippen LogP contribution in [0.25, 0.3) is 11.3 Å². The van der Waals surface area contributed by atoms with Gasteiger partial charge in [-0.25, -0.2) is 8.78 Å². The van der Waals surface area contributed by atoms with Crippen molar-refractivity contribution in [3.8, 4) is 17.0 Å². The van der Waals surface area contributed by atoms with Gasteiger partial charge in [0, 0.05) is 23.7 Å². The summed E-state index contributed by atoms with van der Waals surface area (Å²) in [5.41, 5.74) is 6.56. The molecule has 3 nitrogen and oxygen atoms in total. The third-order valence-corrected chi connectivity index (χ3v) is 2.34. The molecule has 5 heteroatoms. The molecule has 2 rings (SSSR count). The van der Waals surface area contributed by atoms with E-state index in [1.807, 2.05) is 0 Å². The van der Waals surface area contributed by atoms with Gasteiger partial charge in [-0.05, 0) is 18.2 Å². The number of nitrogens with two attached hydrogens (primary N) is 1. The van der Waals surface area contributed by atoms with Crippen molar-refractivity contribution >= 4 is 0 Å². The van der Waals surface area contributed by atoms with Crippen LogP contribution in [0.2, 0.25) is 0 Å². The molecule has 0 unspecified atom stereocenters. The van der Waals surface area contributed by atoms with Crippen LogP contribution < -0.4 is 5.73 Å². The van der Waals surface area contributed by atoms with Crippen molar-refractivity contribution in [2.45, 2.75) is 6.54 Å². The summed E-state index contributed by atoms with van der Waals surface area (Å²) < 4.78 is 26.1. The van der Waals surface area contributed by atoms with Gasteiger partial charge in [0.1, 0.15) is 17.4 Å². The van der Waals surface area contributed by atoms with E-state index in [4.69, 9.17) is 5.73 Å². The summed E-state index contributed by atoms with van der Waals surface area (Å²) in [6.45, 7) is 0.124. The molecular weight excluding hydrogens is 226 g/mol. The topological polar surface area (TPSA) is 59.1 Å². The van der Waals surface area contributed by atoms with Crippen LogP contribution in [0.5, 0.6) is 5.75 Å². The van der Waals surface area contributed by atoms with Crippen molar-refractivity contribution < 1.29 is 13.9 Å². The Morgan fingerprint density at radius 3 is 2.35 bits per heavy atom. The molecule has 17 heavy (non-hydrogen) atoms. The van der Waals surface area contributed by atoms with Crippen LogP contribution in [0.1, 0.15) is 5.56 Å². The number of halogens is 2. The number of hydrogen-bond donors (Lipinski definition) is 2. The van der Waals surface area contributed by atoms with Gasteiger partial charge in [0.15, 0.2) is 0 Å². The van der Waals surface area contributed by atoms with Crippen LogP contribution in [0, 0.1) is 11.6 Å². The number of hydrogen-bond acceptors (Lipinski definition) is 3. The zero-order chi connectivity index (χ0) is 12.4. The molecule has 0 amide bonds. The number of aromatic nitrogens is 1. The number of nitrogens with zero attached hydrogens (tertiary/aromatic N) is 1. The standard InChI is InChI=1S/C12H10F2N2O/c13-9-1-7(2-10(14)4-9)11-3-8(5-15)12(17)6-16-11/h1-4,6,17H,5,15H2. The van der Waals surface area contributed by atoms with Gasteiger partial charge in [0.2, 0.25) is 0 Å². The summed E-state index contributed by atoms with van der Waals surface area (Å²) >= 11 is 0. The number of aromatic hydroxyl groups is 1. The van der Waals surface area contributed by atoms with Crippen molar-refractivity contribution in [3.05, 3.63) is 47.7 Å². The first kappa shape index (κ1) is 11.5. The van der Waals surface area contributed by atoms with E-state index < -0.39 is 11.6 Å². The Bertz CT molecular complexity index is 538. The molecule has 0 radical (unpaired) electrons. The first-order valence-electron chi connectivity index (χ1n) is 4.94. The molecule has 0 aliphatic carbocycles. The van der Waals surface area contributed by atoms with Gasteiger partial charge in [0.05, 0.1) is 11.9 Å². The zero-order valence-corrected chi connectivity index (χ0v) is 8.82. The lowest BCUT2D eigenvalue weighted by atomic mass is 10.1. The predicted octanol–water partition coefficient (Wildman–Crippen LogP) is 2.19. The first-order chi connectivity index (χ1) is 8.10. The minimum atomic E-state index is -0.677. The minimum Gasteiger partial charge on any atom is -0.506 e. The van der Waals surface area contributed by atoms with Gasteiger partial charge >= 0.3 is 0 Å². The molecule has 3 N–H and O–H groups in total. The van der Waals surface area contributed by atoms with Crippen molar-refractivity contribution in [2.24, 2.45) is 5.73 Å². The molecular formula is C12H10F2N2O. The van der Waals surface area contributed by atoms with Crippen LogP contribution >= 0.6 is 0 Å². The van der Waals surface area contributed by atoms with Crippen LogP contribution in [-0.4, -0.2) is 10.1 Å². The number of benzene rings is 1. The first-order valence-corrected chi connectivity index (χ1v) is 4.94. The molecule has 0 saturated carbocycles. The van der Waals surface area contributed by atoms with Crippen LogP contribution in [0.15, 0.2) is 30.5 Å². The van der Waals surface area contributed by atoms with E-state index in [1.54, 1.807) is 0 Å². The molecule has 0 atom stereocenters. The fourth-order valence-electron chi connectivity index (χ4n) is 1.51. The highest BCUT2D eigenvalue weighted by Gasteiger charge is 2.07. The highest BCUT2D eigenvalue weighted by molar-refractivity contribution is 5.61. The molecule has 2 aromatic rings. The number of pyridine rings is 1. The average molecular weight is 236 g/mol. The zero-order valence-electron chi connectivity index (χ0n) is 8.82. The van der Waals surface area contributed by atoms with E-state index >= 15 is 0 Å². The smallest absolute Gasteiger partial charge is 0.138 e. The Morgan fingerprint density at radius 1 is 1.12 bits per heavy atom. The Labute approximate surface area is 96.5 Å². The highest BCUT2D eigenvalue weighted by atomic mass is 19.1. The molecule has 1 aromatic heterocycles. The van der Waals surface area contributed by atoms with Crippen molar-refractivity contribution in [1.82, 2.24) is 4.98 Å². The van der Waals surface area contributed by atoms with Gasteiger partial charge in [0.25, 0.3) is 0 Å². The van der Waals surface area contributed by atoms with E-state index in [2.05, 4.69) is 4.98 Å². The molecule has 88 valence electrons. The van der Waals surface area contributed by atoms with Gasteiger partial charge in [-0.1, -0.05) is 0 Å². The van der Waals surface area contributed by atoms with Gasteiger partial charge < -0.3 is 10.8 Å². The molecule has 0 fully saturated rings. The van der Waals surface area contributed by atoms with Crippen molar-refractivity contribution in [3.63, 3.8) is 0 Å². The Hall–Kier alpha value is -2.01. The Kier molecular flexibility index (Phi) is 3.01. The summed E-state index contributed by atoms with van der Waals surface area (Å²) in [4.78, 5) is 3.90. The van der Waals surface area contributed by atoms with E-state index in [0.29, 0.717) is 16.8 Å². The highest BCUT2D eigenvalue weighted by Crippen LogP contribution is 2.24. The fraction of sp³-hybridized carbons (Fsp3) is 0.0833. The normalized spacial score (nSPS) is 10.5. The average Bonchev–Trinajstić information content (AvgIpc) is 2.28. The minimum absolute atomic E-state index is 0.0341. The lowest BCUT2D eigenvalue weighted by molar-refractivity contribution is 0.466. The van der Waals surface area contributed by atoms with Crippen LogP contribution in [0.4, 0.5) is 8.78 Å². The predicted molar refractivity (Wildman–Crippen MR) is 59.1 cm³/mol. The van der Waals surface area contributed by atoms with E-state index in [1.165, 1.54) is 24.4 Å². The second-order valence-electron chi connectivity index (χ2n) is 3.56. The Morgan fingerprint density at radius 2 is 1.76 bits per heavy atom. The van der Waals surface area contributed by atoms with Gasteiger partial charge in [-0.15, -0.1) is 0 Å². The van der Waals surface area contributed by atoms with Crippen LogP contribution in [0.3, 0.4) is 0 Å². The van der Waals surface area contributed by atoms with Crippen LogP contribution in [-0.2, 0) is 6.54 Å². The second kappa shape index (κ2) is 4.47. The SMILES string of the molecule is NCc1cc(-c2cc(F)cc(F)c2)ncc1O. The van der Waals surface area contributed by atoms with E-state index in [-0.39, 0.29) is 12.3 Å². The monoisotopic (exact) mass is 236 g/mol. The quantitative estimate of drug-likeness (QED) is 0.840. The summed E-state index contributed by atoms with van der Waals surface area (Å²) in [7, 11) is 0. The van der Waals surface area contributed by atoms with E-state index in [9.17, 15) is 13.9 Å². The maximum atomic E-state index is 13.0. The van der Waals surface area contributed by atoms with Gasteiger partial charge in [-0.3, -0.25) is 4.98 Å². The maximum absolute atomic E-state index is 13.0. The third-order valence-electron chi connectivity index (χ3n) is 2.34. The van der Waals surface area contributed by atoms with E-state index in [0.717, 1.165) is 6.07 Å². The largest absolute Gasteiger partial charge is 0.506 e. The van der Waals surface area contributed by atoms with Gasteiger partial charge in [-0.2, -0.15) is 0 Å². The molecule has 0 saturated heterocycles. The molecule has 1 aromatic carbocycles. The molecule has 1 heterocycles. The third kappa shape index (κ3) is 2.39. The summed E-state index contributed by atoms with van der Waals surface area (Å²) in [5, 5.41) is 9.40. The summed E-state index contributed by atoms with van der Waals surface area (Å²) in [5.74, 6) is -1.39. The fourth-order valence-corrected chi connectivity index (χ4v) is 1.51. The Balaban J connectivity index is 2.52. The van der Waals surface area contributed by atoms with Crippen molar-refractivity contribution in [2.75, 3.05) is 0 Å². The molecule has 0 aliphatic heterocycles. The number of rotatable bonds is 2. The van der Waals surface area contributed by atoms with Crippen molar-refractivity contribution in [1.29, 1.82) is 0 Å². The molecule has 0 spiro atoms. The lowest BCUT2D eigenvalue weighted by Gasteiger charge is -2.05. The summed E-state index contributed by atoms with van der Waals surface area (Å²) in [6, 6.07) is 4.63. The molecule has 0 aliphatic rings. The summed E-state index contributed by atoms with van der Waals surface area (Å²) in [6.07, 6.45) is 1.21. The second-order valence-corrected chi connectivity index (χ2v) is 3.56. The molecule has 0 bridgehead atoms. The lowest BCUT2D eigenvalue weighted by Crippen LogP contribution is -1.98. The maximum Gasteiger partial charge on any atom is 0.138 e.